The van der Waals surface area contributed by atoms with Crippen LogP contribution in [0.1, 0.15) is 11.7 Å². The molecule has 0 saturated carbocycles. The van der Waals surface area contributed by atoms with E-state index in [0.29, 0.717) is 12.1 Å². The lowest BCUT2D eigenvalue weighted by Gasteiger charge is -2.17. The second-order valence-corrected chi connectivity index (χ2v) is 3.37. The number of phenols is 1. The van der Waals surface area contributed by atoms with Crippen LogP contribution in [0.15, 0.2) is 12.1 Å². The van der Waals surface area contributed by atoms with E-state index >= 15 is 0 Å². The Kier molecular flexibility index (Phi) is 3.94. The number of nitrogens with zero attached hydrogens (tertiary/aromatic N) is 1. The molecule has 0 bridgehead atoms. The molecule has 0 aliphatic heterocycles. The summed E-state index contributed by atoms with van der Waals surface area (Å²) in [5.74, 6) is -1.90. The van der Waals surface area contributed by atoms with E-state index in [1.807, 2.05) is 0 Å². The highest BCUT2D eigenvalue weighted by molar-refractivity contribution is 5.52. The zero-order valence-corrected chi connectivity index (χ0v) is 8.58. The Morgan fingerprint density at radius 2 is 2.06 bits per heavy atom. The fourth-order valence-electron chi connectivity index (χ4n) is 1.31. The van der Waals surface area contributed by atoms with Crippen molar-refractivity contribution in [3.63, 3.8) is 0 Å². The van der Waals surface area contributed by atoms with Gasteiger partial charge in [-0.05, 0) is 6.07 Å². The van der Waals surface area contributed by atoms with Gasteiger partial charge in [-0.25, -0.2) is 4.39 Å². The van der Waals surface area contributed by atoms with Gasteiger partial charge in [-0.15, -0.1) is 0 Å². The Morgan fingerprint density at radius 1 is 1.47 bits per heavy atom. The average Bonchev–Trinajstić information content (AvgIpc) is 2.29. The molecule has 0 spiro atoms. The van der Waals surface area contributed by atoms with Crippen molar-refractivity contribution in [3.05, 3.63) is 33.6 Å². The number of nitro benzene ring substituents is 1. The lowest BCUT2D eigenvalue weighted by Crippen LogP contribution is -2.27. The van der Waals surface area contributed by atoms with E-state index < -0.39 is 39.9 Å². The Morgan fingerprint density at radius 3 is 2.53 bits per heavy atom. The molecule has 94 valence electrons. The summed E-state index contributed by atoms with van der Waals surface area (Å²) in [6.45, 7) is -0.342. The van der Waals surface area contributed by atoms with E-state index in [0.717, 1.165) is 0 Å². The summed E-state index contributed by atoms with van der Waals surface area (Å²) in [5.41, 5.74) is 3.71. The largest absolute Gasteiger partial charge is 0.502 e. The maximum atomic E-state index is 13.1. The Bertz CT molecular complexity index is 440. The molecule has 17 heavy (non-hydrogen) atoms. The number of aliphatic hydroxyl groups excluding tert-OH is 2. The van der Waals surface area contributed by atoms with Crippen molar-refractivity contribution in [2.24, 2.45) is 5.73 Å². The summed E-state index contributed by atoms with van der Waals surface area (Å²) in [6, 6.07) is 1.21. The lowest BCUT2D eigenvalue weighted by atomic mass is 10.0. The van der Waals surface area contributed by atoms with Crippen molar-refractivity contribution >= 4 is 5.69 Å². The second-order valence-electron chi connectivity index (χ2n) is 3.37. The molecule has 1 aromatic carbocycles. The molecule has 0 amide bonds. The van der Waals surface area contributed by atoms with E-state index in [2.05, 4.69) is 0 Å². The summed E-state index contributed by atoms with van der Waals surface area (Å²) >= 11 is 0. The highest BCUT2D eigenvalue weighted by Gasteiger charge is 2.27. The Balaban J connectivity index is 3.29. The Labute approximate surface area is 95.1 Å². The van der Waals surface area contributed by atoms with E-state index in [1.165, 1.54) is 0 Å². The number of nitro groups is 1. The van der Waals surface area contributed by atoms with Crippen LogP contribution in [0, 0.1) is 15.9 Å². The van der Waals surface area contributed by atoms with Crippen LogP contribution in [0.5, 0.6) is 5.75 Å². The first-order valence-corrected chi connectivity index (χ1v) is 4.61. The van der Waals surface area contributed by atoms with E-state index in [4.69, 9.17) is 5.73 Å². The van der Waals surface area contributed by atoms with Crippen molar-refractivity contribution in [2.45, 2.75) is 12.2 Å². The summed E-state index contributed by atoms with van der Waals surface area (Å²) < 4.78 is 13.1. The molecule has 0 fully saturated rings. The number of aliphatic hydroxyl groups is 2. The maximum Gasteiger partial charge on any atom is 0.314 e. The molecule has 5 N–H and O–H groups in total. The van der Waals surface area contributed by atoms with Gasteiger partial charge in [0.25, 0.3) is 0 Å². The van der Waals surface area contributed by atoms with E-state index in [9.17, 15) is 29.8 Å². The lowest BCUT2D eigenvalue weighted by molar-refractivity contribution is -0.386. The molecule has 8 heteroatoms. The monoisotopic (exact) mass is 246 g/mol. The molecular weight excluding hydrogens is 235 g/mol. The topological polar surface area (TPSA) is 130 Å². The van der Waals surface area contributed by atoms with Crippen molar-refractivity contribution < 1.29 is 24.6 Å². The molecule has 0 radical (unpaired) electrons. The van der Waals surface area contributed by atoms with Gasteiger partial charge in [0.1, 0.15) is 11.9 Å². The highest BCUT2D eigenvalue weighted by Crippen LogP contribution is 2.35. The fraction of sp³-hybridized carbons (Fsp3) is 0.333. The fourth-order valence-corrected chi connectivity index (χ4v) is 1.31. The zero-order valence-electron chi connectivity index (χ0n) is 8.58. The molecule has 0 aliphatic rings. The number of aromatic hydroxyl groups is 1. The molecule has 1 rings (SSSR count). The van der Waals surface area contributed by atoms with Crippen LogP contribution in [-0.2, 0) is 0 Å². The number of hydrogen-bond donors (Lipinski definition) is 4. The van der Waals surface area contributed by atoms with Gasteiger partial charge in [0.15, 0.2) is 0 Å². The van der Waals surface area contributed by atoms with Gasteiger partial charge in [0.2, 0.25) is 5.75 Å². The van der Waals surface area contributed by atoms with Crippen LogP contribution in [0.25, 0.3) is 0 Å². The van der Waals surface area contributed by atoms with Crippen molar-refractivity contribution in [1.29, 1.82) is 0 Å². The average molecular weight is 246 g/mol. The number of hydrogen-bond acceptors (Lipinski definition) is 6. The van der Waals surface area contributed by atoms with Crippen LogP contribution in [0.3, 0.4) is 0 Å². The number of nitrogens with two attached hydrogens (primary N) is 1. The predicted octanol–water partition coefficient (Wildman–Crippen LogP) is -0.207. The van der Waals surface area contributed by atoms with Crippen molar-refractivity contribution in [1.82, 2.24) is 0 Å². The summed E-state index contributed by atoms with van der Waals surface area (Å²) in [5, 5.41) is 38.7. The van der Waals surface area contributed by atoms with Crippen molar-refractivity contribution in [2.75, 3.05) is 6.54 Å². The molecule has 7 nitrogen and oxygen atoms in total. The summed E-state index contributed by atoms with van der Waals surface area (Å²) in [6.07, 6.45) is -3.16. The van der Waals surface area contributed by atoms with Gasteiger partial charge in [0, 0.05) is 12.1 Å². The van der Waals surface area contributed by atoms with E-state index in [-0.39, 0.29) is 6.54 Å². The second kappa shape index (κ2) is 5.04. The molecule has 0 saturated heterocycles. The minimum Gasteiger partial charge on any atom is -0.502 e. The van der Waals surface area contributed by atoms with Crippen LogP contribution in [0.2, 0.25) is 0 Å². The first-order valence-electron chi connectivity index (χ1n) is 4.61. The number of halogens is 1. The third-order valence-corrected chi connectivity index (χ3v) is 2.21. The number of rotatable bonds is 4. The standard InChI is InChI=1S/C9H11FN2O5/c10-4-1-5(9(15)7(13)3-11)8(14)6(2-4)12(16)17/h1-2,7,9,13-15H,3,11H2. The molecule has 2 atom stereocenters. The number of benzene rings is 1. The third-order valence-electron chi connectivity index (χ3n) is 2.21. The minimum atomic E-state index is -1.70. The Hall–Kier alpha value is -1.77. The SMILES string of the molecule is NCC(O)C(O)c1cc(F)cc([N+](=O)[O-])c1O. The first-order chi connectivity index (χ1) is 7.88. The molecular formula is C9H11FN2O5. The van der Waals surface area contributed by atoms with Gasteiger partial charge in [-0.2, -0.15) is 0 Å². The minimum absolute atomic E-state index is 0.342. The smallest absolute Gasteiger partial charge is 0.314 e. The quantitative estimate of drug-likeness (QED) is 0.429. The first kappa shape index (κ1) is 13.3. The highest BCUT2D eigenvalue weighted by atomic mass is 19.1. The van der Waals surface area contributed by atoms with Gasteiger partial charge in [-0.3, -0.25) is 10.1 Å². The predicted molar refractivity (Wildman–Crippen MR) is 54.7 cm³/mol. The molecule has 0 heterocycles. The summed E-state index contributed by atoms with van der Waals surface area (Å²) in [7, 11) is 0. The molecule has 2 unspecified atom stereocenters. The van der Waals surface area contributed by atoms with Crippen LogP contribution >= 0.6 is 0 Å². The zero-order chi connectivity index (χ0) is 13.2. The molecule has 1 aromatic rings. The molecule has 0 aliphatic carbocycles. The third kappa shape index (κ3) is 2.67. The van der Waals surface area contributed by atoms with Crippen molar-refractivity contribution in [3.8, 4) is 5.75 Å². The van der Waals surface area contributed by atoms with Gasteiger partial charge in [0.05, 0.1) is 17.1 Å². The number of phenolic OH excluding ortho intramolecular Hbond substituents is 1. The van der Waals surface area contributed by atoms with Crippen LogP contribution < -0.4 is 5.73 Å². The maximum absolute atomic E-state index is 13.1. The van der Waals surface area contributed by atoms with Gasteiger partial charge >= 0.3 is 5.69 Å². The van der Waals surface area contributed by atoms with Gasteiger partial charge < -0.3 is 21.1 Å². The normalized spacial score (nSPS) is 14.4. The van der Waals surface area contributed by atoms with E-state index in [1.54, 1.807) is 0 Å². The van der Waals surface area contributed by atoms with Gasteiger partial charge in [-0.1, -0.05) is 0 Å². The van der Waals surface area contributed by atoms with Crippen LogP contribution in [0.4, 0.5) is 10.1 Å². The molecule has 0 aromatic heterocycles. The summed E-state index contributed by atoms with van der Waals surface area (Å²) in [4.78, 5) is 9.50. The van der Waals surface area contributed by atoms with Crippen LogP contribution in [-0.4, -0.2) is 32.9 Å².